The molecule has 132 valence electrons. The molecule has 0 saturated heterocycles. The van der Waals surface area contributed by atoms with Crippen LogP contribution in [0.4, 0.5) is 0 Å². The van der Waals surface area contributed by atoms with Gasteiger partial charge in [-0.2, -0.15) is 11.8 Å². The van der Waals surface area contributed by atoms with Crippen molar-refractivity contribution in [3.8, 4) is 0 Å². The van der Waals surface area contributed by atoms with Crippen molar-refractivity contribution in [2.75, 3.05) is 19.8 Å². The fraction of sp³-hybridized carbons (Fsp3) is 0.882. The van der Waals surface area contributed by atoms with Crippen LogP contribution in [0.15, 0.2) is 4.99 Å². The van der Waals surface area contributed by atoms with Crippen LogP contribution in [0.25, 0.3) is 0 Å². The largest absolute Gasteiger partial charge is 0.462 e. The lowest BCUT2D eigenvalue weighted by Crippen LogP contribution is -2.43. The van der Waals surface area contributed by atoms with E-state index in [9.17, 15) is 4.79 Å². The monoisotopic (exact) mass is 341 g/mol. The van der Waals surface area contributed by atoms with Crippen LogP contribution in [-0.2, 0) is 9.53 Å². The van der Waals surface area contributed by atoms with Crippen LogP contribution in [0.2, 0.25) is 0 Å². The van der Waals surface area contributed by atoms with E-state index in [-0.39, 0.29) is 12.1 Å². The quantitative estimate of drug-likeness (QED) is 0.323. The summed E-state index contributed by atoms with van der Waals surface area (Å²) >= 11 is 1.96. The topological polar surface area (TPSA) is 62.7 Å². The molecule has 0 heterocycles. The summed E-state index contributed by atoms with van der Waals surface area (Å²) in [6.45, 7) is 0.748. The second-order valence-electron chi connectivity index (χ2n) is 6.51. The van der Waals surface area contributed by atoms with E-state index in [1.165, 1.54) is 32.1 Å². The number of aliphatic imine (C=N–C) groups is 1. The van der Waals surface area contributed by atoms with Gasteiger partial charge in [-0.15, -0.1) is 0 Å². The minimum absolute atomic E-state index is 0.0553. The van der Waals surface area contributed by atoms with Gasteiger partial charge in [0, 0.05) is 31.3 Å². The molecular weight excluding hydrogens is 310 g/mol. The number of thioether (sulfide) groups is 1. The van der Waals surface area contributed by atoms with Crippen LogP contribution < -0.4 is 10.6 Å². The molecule has 0 aromatic carbocycles. The molecular formula is C17H31N3O2S. The van der Waals surface area contributed by atoms with E-state index in [4.69, 9.17) is 4.74 Å². The van der Waals surface area contributed by atoms with Crippen molar-refractivity contribution in [2.24, 2.45) is 4.99 Å². The number of hydrogen-bond donors (Lipinski definition) is 2. The Hall–Kier alpha value is -0.910. The standard InChI is InChI=1S/C17H31N3O2S/c1-18-17(20-13-9-10-15(12-13)23-2)19-11-5-8-16(21)22-14-6-3-4-7-14/h13-15H,3-12H2,1-2H3,(H2,18,19,20). The Morgan fingerprint density at radius 3 is 2.70 bits per heavy atom. The normalized spacial score (nSPS) is 25.6. The van der Waals surface area contributed by atoms with E-state index in [2.05, 4.69) is 21.9 Å². The maximum atomic E-state index is 11.8. The van der Waals surface area contributed by atoms with Gasteiger partial charge in [-0.05, 0) is 57.6 Å². The molecule has 0 aromatic rings. The number of ether oxygens (including phenoxy) is 1. The SMILES string of the molecule is CN=C(NCCCC(=O)OC1CCCC1)NC1CCC(SC)C1. The first kappa shape index (κ1) is 18.4. The number of carbonyl (C=O) groups is 1. The lowest BCUT2D eigenvalue weighted by molar-refractivity contribution is -0.148. The lowest BCUT2D eigenvalue weighted by Gasteiger charge is -2.17. The third kappa shape index (κ3) is 6.61. The fourth-order valence-electron chi connectivity index (χ4n) is 3.36. The maximum absolute atomic E-state index is 11.8. The molecule has 2 rings (SSSR count). The molecule has 0 spiro atoms. The van der Waals surface area contributed by atoms with Crippen molar-refractivity contribution < 1.29 is 9.53 Å². The number of hydrogen-bond acceptors (Lipinski definition) is 4. The summed E-state index contributed by atoms with van der Waals surface area (Å²) in [7, 11) is 1.80. The van der Waals surface area contributed by atoms with Gasteiger partial charge >= 0.3 is 5.97 Å². The van der Waals surface area contributed by atoms with Crippen LogP contribution in [0.3, 0.4) is 0 Å². The maximum Gasteiger partial charge on any atom is 0.306 e. The molecule has 0 aromatic heterocycles. The van der Waals surface area contributed by atoms with Gasteiger partial charge in [0.25, 0.3) is 0 Å². The van der Waals surface area contributed by atoms with Gasteiger partial charge in [0.15, 0.2) is 5.96 Å². The Morgan fingerprint density at radius 1 is 1.26 bits per heavy atom. The average molecular weight is 342 g/mol. The zero-order valence-corrected chi connectivity index (χ0v) is 15.3. The number of carbonyl (C=O) groups excluding carboxylic acids is 1. The Kier molecular flexibility index (Phi) is 8.06. The number of rotatable bonds is 7. The first-order chi connectivity index (χ1) is 11.2. The van der Waals surface area contributed by atoms with Gasteiger partial charge < -0.3 is 15.4 Å². The highest BCUT2D eigenvalue weighted by molar-refractivity contribution is 7.99. The number of nitrogens with one attached hydrogen (secondary N) is 2. The van der Waals surface area contributed by atoms with Crippen molar-refractivity contribution in [1.82, 2.24) is 10.6 Å². The first-order valence-electron chi connectivity index (χ1n) is 8.90. The molecule has 2 unspecified atom stereocenters. The molecule has 0 amide bonds. The van der Waals surface area contributed by atoms with E-state index in [0.717, 1.165) is 37.0 Å². The summed E-state index contributed by atoms with van der Waals surface area (Å²) in [5.41, 5.74) is 0. The Labute approximate surface area is 144 Å². The molecule has 6 heteroatoms. The summed E-state index contributed by atoms with van der Waals surface area (Å²) in [4.78, 5) is 16.0. The van der Waals surface area contributed by atoms with E-state index in [1.807, 2.05) is 11.8 Å². The highest BCUT2D eigenvalue weighted by atomic mass is 32.2. The molecule has 0 bridgehead atoms. The molecule has 2 aliphatic carbocycles. The van der Waals surface area contributed by atoms with Crippen molar-refractivity contribution >= 4 is 23.7 Å². The van der Waals surface area contributed by atoms with Crippen LogP contribution in [0, 0.1) is 0 Å². The molecule has 0 radical (unpaired) electrons. The summed E-state index contributed by atoms with van der Waals surface area (Å²) in [5, 5.41) is 7.56. The van der Waals surface area contributed by atoms with E-state index in [0.29, 0.717) is 12.5 Å². The lowest BCUT2D eigenvalue weighted by atomic mass is 10.2. The van der Waals surface area contributed by atoms with E-state index >= 15 is 0 Å². The number of nitrogens with zero attached hydrogens (tertiary/aromatic N) is 1. The average Bonchev–Trinajstić information content (AvgIpc) is 3.21. The van der Waals surface area contributed by atoms with Crippen LogP contribution >= 0.6 is 11.8 Å². The third-order valence-electron chi connectivity index (χ3n) is 4.73. The van der Waals surface area contributed by atoms with Crippen molar-refractivity contribution in [3.63, 3.8) is 0 Å². The van der Waals surface area contributed by atoms with E-state index in [1.54, 1.807) is 7.05 Å². The number of guanidine groups is 1. The second kappa shape index (κ2) is 10.1. The van der Waals surface area contributed by atoms with Crippen LogP contribution in [0.1, 0.15) is 57.8 Å². The molecule has 0 aliphatic heterocycles. The summed E-state index contributed by atoms with van der Waals surface area (Å²) < 4.78 is 5.46. The summed E-state index contributed by atoms with van der Waals surface area (Å²) in [5.74, 6) is 0.793. The zero-order chi connectivity index (χ0) is 16.5. The van der Waals surface area contributed by atoms with Crippen molar-refractivity contribution in [1.29, 1.82) is 0 Å². The van der Waals surface area contributed by atoms with Crippen molar-refractivity contribution in [3.05, 3.63) is 0 Å². The number of esters is 1. The van der Waals surface area contributed by atoms with Gasteiger partial charge in [0.05, 0.1) is 0 Å². The smallest absolute Gasteiger partial charge is 0.306 e. The first-order valence-corrected chi connectivity index (χ1v) is 10.2. The van der Waals surface area contributed by atoms with Crippen molar-refractivity contribution in [2.45, 2.75) is 75.2 Å². The predicted octanol–water partition coefficient (Wildman–Crippen LogP) is 2.70. The molecule has 23 heavy (non-hydrogen) atoms. The molecule has 2 saturated carbocycles. The molecule has 2 aliphatic rings. The van der Waals surface area contributed by atoms with Crippen LogP contribution in [0.5, 0.6) is 0 Å². The fourth-order valence-corrected chi connectivity index (χ4v) is 4.16. The minimum Gasteiger partial charge on any atom is -0.462 e. The predicted molar refractivity (Wildman–Crippen MR) is 97.0 cm³/mol. The Morgan fingerprint density at radius 2 is 2.04 bits per heavy atom. The third-order valence-corrected chi connectivity index (χ3v) is 5.83. The summed E-state index contributed by atoms with van der Waals surface area (Å²) in [6.07, 6.45) is 11.8. The molecule has 2 atom stereocenters. The molecule has 2 N–H and O–H groups in total. The van der Waals surface area contributed by atoms with Gasteiger partial charge in [-0.1, -0.05) is 0 Å². The Bertz CT molecular complexity index is 397. The highest BCUT2D eigenvalue weighted by Gasteiger charge is 2.24. The zero-order valence-electron chi connectivity index (χ0n) is 14.5. The van der Waals surface area contributed by atoms with Gasteiger partial charge in [-0.25, -0.2) is 0 Å². The van der Waals surface area contributed by atoms with Crippen LogP contribution in [-0.4, -0.2) is 49.2 Å². The minimum atomic E-state index is -0.0553. The van der Waals surface area contributed by atoms with Gasteiger partial charge in [0.1, 0.15) is 6.10 Å². The van der Waals surface area contributed by atoms with Gasteiger partial charge in [-0.3, -0.25) is 9.79 Å². The highest BCUT2D eigenvalue weighted by Crippen LogP contribution is 2.28. The molecule has 2 fully saturated rings. The van der Waals surface area contributed by atoms with E-state index < -0.39 is 0 Å². The van der Waals surface area contributed by atoms with Gasteiger partial charge in [0.2, 0.25) is 0 Å². The molecule has 5 nitrogen and oxygen atoms in total. The summed E-state index contributed by atoms with van der Waals surface area (Å²) in [6, 6.07) is 0.519. The Balaban J connectivity index is 1.56. The second-order valence-corrected chi connectivity index (χ2v) is 7.65.